The topological polar surface area (TPSA) is 86.1 Å². The van der Waals surface area contributed by atoms with E-state index in [0.717, 1.165) is 0 Å². The van der Waals surface area contributed by atoms with Crippen molar-refractivity contribution in [1.29, 1.82) is 0 Å². The Morgan fingerprint density at radius 1 is 1.18 bits per heavy atom. The van der Waals surface area contributed by atoms with Crippen molar-refractivity contribution < 1.29 is 23.5 Å². The minimum atomic E-state index is -0.824. The summed E-state index contributed by atoms with van der Waals surface area (Å²) >= 11 is 5.87. The number of benzene rings is 1. The third kappa shape index (κ3) is 5.70. The van der Waals surface area contributed by atoms with Crippen LogP contribution in [-0.2, 0) is 15.9 Å². The minimum Gasteiger partial charge on any atom is -0.462 e. The molecule has 0 radical (unpaired) electrons. The van der Waals surface area contributed by atoms with Gasteiger partial charge in [0.15, 0.2) is 0 Å². The first kappa shape index (κ1) is 24.3. The van der Waals surface area contributed by atoms with E-state index in [1.807, 2.05) is 0 Å². The van der Waals surface area contributed by atoms with Crippen LogP contribution >= 0.6 is 11.6 Å². The zero-order chi connectivity index (χ0) is 24.3. The van der Waals surface area contributed by atoms with Gasteiger partial charge < -0.3 is 9.47 Å². The molecule has 0 spiro atoms. The van der Waals surface area contributed by atoms with Gasteiger partial charge in [0, 0.05) is 12.6 Å². The van der Waals surface area contributed by atoms with E-state index in [2.05, 4.69) is 5.32 Å². The summed E-state index contributed by atoms with van der Waals surface area (Å²) < 4.78 is 25.9. The third-order valence-electron chi connectivity index (χ3n) is 4.58. The molecular formula is C24H24ClFN2O5. The molecule has 0 aliphatic rings. The standard InChI is InChI=1S/C24H24ClFN2O5/c1-5-32-22(30)16-12-18(27-23(31)33-24(2,3)4)19-10-9-14(13-28(19)21(16)29)11-15-7-6-8-17(25)20(15)26/h6-10,12-13H,5,11H2,1-4H3,(H,27,31). The van der Waals surface area contributed by atoms with Crippen LogP contribution in [0.3, 0.4) is 0 Å². The average molecular weight is 475 g/mol. The van der Waals surface area contributed by atoms with Crippen molar-refractivity contribution in [3.05, 3.63) is 80.5 Å². The molecular weight excluding hydrogens is 451 g/mol. The Bertz CT molecular complexity index is 1280. The number of nitrogens with one attached hydrogen (secondary N) is 1. The summed E-state index contributed by atoms with van der Waals surface area (Å²) in [5.74, 6) is -1.37. The lowest BCUT2D eigenvalue weighted by molar-refractivity contribution is 0.0522. The predicted molar refractivity (Wildman–Crippen MR) is 124 cm³/mol. The summed E-state index contributed by atoms with van der Waals surface area (Å²) in [7, 11) is 0. The second kappa shape index (κ2) is 9.62. The van der Waals surface area contributed by atoms with Gasteiger partial charge in [0.1, 0.15) is 17.0 Å². The van der Waals surface area contributed by atoms with Crippen molar-refractivity contribution in [2.24, 2.45) is 0 Å². The number of esters is 1. The Balaban J connectivity index is 2.11. The zero-order valence-corrected chi connectivity index (χ0v) is 19.5. The highest BCUT2D eigenvalue weighted by Crippen LogP contribution is 2.23. The SMILES string of the molecule is CCOC(=O)c1cc(NC(=O)OC(C)(C)C)c2ccc(Cc3cccc(Cl)c3F)cn2c1=O. The number of hydrogen-bond donors (Lipinski definition) is 1. The number of ether oxygens (including phenoxy) is 2. The number of anilines is 1. The van der Waals surface area contributed by atoms with Crippen LogP contribution in [0.2, 0.25) is 5.02 Å². The number of carbonyl (C=O) groups is 2. The van der Waals surface area contributed by atoms with Gasteiger partial charge in [0.2, 0.25) is 0 Å². The van der Waals surface area contributed by atoms with E-state index < -0.39 is 29.0 Å². The lowest BCUT2D eigenvalue weighted by Gasteiger charge is -2.20. The van der Waals surface area contributed by atoms with E-state index in [9.17, 15) is 18.8 Å². The molecule has 0 saturated carbocycles. The molecule has 33 heavy (non-hydrogen) atoms. The van der Waals surface area contributed by atoms with Crippen molar-refractivity contribution in [1.82, 2.24) is 4.40 Å². The number of halogens is 2. The second-order valence-corrected chi connectivity index (χ2v) is 8.71. The first-order chi connectivity index (χ1) is 15.5. The number of carbonyl (C=O) groups excluding carboxylic acids is 2. The average Bonchev–Trinajstić information content (AvgIpc) is 2.72. The fourth-order valence-electron chi connectivity index (χ4n) is 3.22. The Morgan fingerprint density at radius 3 is 2.58 bits per heavy atom. The van der Waals surface area contributed by atoms with Crippen molar-refractivity contribution in [2.75, 3.05) is 11.9 Å². The van der Waals surface area contributed by atoms with Gasteiger partial charge in [-0.3, -0.25) is 14.5 Å². The minimum absolute atomic E-state index is 0.00102. The molecule has 9 heteroatoms. The largest absolute Gasteiger partial charge is 0.462 e. The fraction of sp³-hybridized carbons (Fsp3) is 0.292. The molecule has 174 valence electrons. The number of hydrogen-bond acceptors (Lipinski definition) is 5. The van der Waals surface area contributed by atoms with Gasteiger partial charge in [-0.15, -0.1) is 0 Å². The monoisotopic (exact) mass is 474 g/mol. The van der Waals surface area contributed by atoms with Crippen LogP contribution < -0.4 is 10.9 Å². The molecule has 0 atom stereocenters. The van der Waals surface area contributed by atoms with Gasteiger partial charge in [0.25, 0.3) is 5.56 Å². The molecule has 1 aromatic carbocycles. The zero-order valence-electron chi connectivity index (χ0n) is 18.7. The Morgan fingerprint density at radius 2 is 1.91 bits per heavy atom. The Hall–Kier alpha value is -3.39. The number of aromatic nitrogens is 1. The van der Waals surface area contributed by atoms with Crippen LogP contribution in [0, 0.1) is 5.82 Å². The van der Waals surface area contributed by atoms with Crippen LogP contribution in [0.5, 0.6) is 0 Å². The smallest absolute Gasteiger partial charge is 0.412 e. The summed E-state index contributed by atoms with van der Waals surface area (Å²) in [6.45, 7) is 6.83. The number of nitrogens with zero attached hydrogens (tertiary/aromatic N) is 1. The van der Waals surface area contributed by atoms with E-state index in [4.69, 9.17) is 21.1 Å². The van der Waals surface area contributed by atoms with Gasteiger partial charge in [-0.05, 0) is 57.0 Å². The molecule has 0 aliphatic heterocycles. The summed E-state index contributed by atoms with van der Waals surface area (Å²) in [6, 6.07) is 9.23. The van der Waals surface area contributed by atoms with Gasteiger partial charge >= 0.3 is 12.1 Å². The molecule has 0 saturated heterocycles. The molecule has 0 aliphatic carbocycles. The Labute approximate surface area is 195 Å². The molecule has 0 fully saturated rings. The molecule has 1 amide bonds. The third-order valence-corrected chi connectivity index (χ3v) is 4.87. The molecule has 3 rings (SSSR count). The molecule has 2 aromatic heterocycles. The summed E-state index contributed by atoms with van der Waals surface area (Å²) in [4.78, 5) is 37.8. The van der Waals surface area contributed by atoms with E-state index in [1.165, 1.54) is 22.7 Å². The fourth-order valence-corrected chi connectivity index (χ4v) is 3.41. The maximum atomic E-state index is 14.4. The van der Waals surface area contributed by atoms with Crippen LogP contribution in [0.1, 0.15) is 49.2 Å². The van der Waals surface area contributed by atoms with E-state index in [-0.39, 0.29) is 29.3 Å². The van der Waals surface area contributed by atoms with Crippen molar-refractivity contribution in [3.8, 4) is 0 Å². The molecule has 0 bridgehead atoms. The van der Waals surface area contributed by atoms with E-state index >= 15 is 0 Å². The van der Waals surface area contributed by atoms with Crippen LogP contribution in [-0.4, -0.2) is 28.7 Å². The van der Waals surface area contributed by atoms with Crippen LogP contribution in [0.15, 0.2) is 47.4 Å². The second-order valence-electron chi connectivity index (χ2n) is 8.31. The summed E-state index contributed by atoms with van der Waals surface area (Å²) in [5.41, 5.74) is -0.179. The van der Waals surface area contributed by atoms with Crippen molar-refractivity contribution >= 4 is 34.9 Å². The van der Waals surface area contributed by atoms with E-state index in [1.54, 1.807) is 52.0 Å². The molecule has 7 nitrogen and oxygen atoms in total. The quantitative estimate of drug-likeness (QED) is 0.513. The summed E-state index contributed by atoms with van der Waals surface area (Å²) in [5, 5.41) is 2.58. The number of amides is 1. The number of fused-ring (bicyclic) bond motifs is 1. The highest BCUT2D eigenvalue weighted by Gasteiger charge is 2.21. The molecule has 1 N–H and O–H groups in total. The number of pyridine rings is 2. The predicted octanol–water partition coefficient (Wildman–Crippen LogP) is 5.21. The maximum absolute atomic E-state index is 14.4. The summed E-state index contributed by atoms with van der Waals surface area (Å²) in [6.07, 6.45) is 0.900. The van der Waals surface area contributed by atoms with E-state index in [0.29, 0.717) is 16.6 Å². The highest BCUT2D eigenvalue weighted by molar-refractivity contribution is 6.30. The van der Waals surface area contributed by atoms with Crippen LogP contribution in [0.25, 0.3) is 5.52 Å². The molecule has 3 aromatic rings. The maximum Gasteiger partial charge on any atom is 0.412 e. The first-order valence-corrected chi connectivity index (χ1v) is 10.7. The van der Waals surface area contributed by atoms with Gasteiger partial charge in [-0.1, -0.05) is 29.8 Å². The van der Waals surface area contributed by atoms with Gasteiger partial charge in [-0.2, -0.15) is 0 Å². The van der Waals surface area contributed by atoms with Gasteiger partial charge in [-0.25, -0.2) is 14.0 Å². The van der Waals surface area contributed by atoms with Gasteiger partial charge in [0.05, 0.1) is 22.8 Å². The van der Waals surface area contributed by atoms with Crippen molar-refractivity contribution in [2.45, 2.75) is 39.7 Å². The first-order valence-electron chi connectivity index (χ1n) is 10.3. The lowest BCUT2D eigenvalue weighted by Crippen LogP contribution is -2.29. The number of rotatable bonds is 5. The van der Waals surface area contributed by atoms with Crippen LogP contribution in [0.4, 0.5) is 14.9 Å². The molecule has 2 heterocycles. The highest BCUT2D eigenvalue weighted by atomic mass is 35.5. The molecule has 0 unspecified atom stereocenters. The Kier molecular flexibility index (Phi) is 7.07. The van der Waals surface area contributed by atoms with Crippen molar-refractivity contribution in [3.63, 3.8) is 0 Å². The normalized spacial score (nSPS) is 11.3. The lowest BCUT2D eigenvalue weighted by atomic mass is 10.1.